The highest BCUT2D eigenvalue weighted by Crippen LogP contribution is 2.16. The lowest BCUT2D eigenvalue weighted by Gasteiger charge is -2.09. The number of benzene rings is 2. The molecule has 0 fully saturated rings. The first-order chi connectivity index (χ1) is 11.1. The number of rotatable bonds is 4. The highest BCUT2D eigenvalue weighted by molar-refractivity contribution is 5.80. The number of aryl methyl sites for hydroxylation is 2. The standard InChI is InChI=1S/C19H18FN3/c1-14-6-7-15(2)23(14)19-10-8-16(9-11-19)13-21-22-18-5-3-4-17(20)12-18/h3-13,22H,1-2H3/b21-13+. The second-order valence-corrected chi connectivity index (χ2v) is 5.42. The Labute approximate surface area is 135 Å². The second-order valence-electron chi connectivity index (χ2n) is 5.42. The molecule has 1 heterocycles. The predicted molar refractivity (Wildman–Crippen MR) is 92.9 cm³/mol. The summed E-state index contributed by atoms with van der Waals surface area (Å²) in [7, 11) is 0. The summed E-state index contributed by atoms with van der Waals surface area (Å²) < 4.78 is 15.3. The van der Waals surface area contributed by atoms with Gasteiger partial charge in [0.25, 0.3) is 0 Å². The quantitative estimate of drug-likeness (QED) is 0.550. The first kappa shape index (κ1) is 15.0. The molecule has 0 spiro atoms. The third-order valence-corrected chi connectivity index (χ3v) is 3.65. The fourth-order valence-corrected chi connectivity index (χ4v) is 2.52. The van der Waals surface area contributed by atoms with E-state index in [9.17, 15) is 4.39 Å². The van der Waals surface area contributed by atoms with E-state index >= 15 is 0 Å². The molecule has 2 aromatic carbocycles. The molecule has 3 rings (SSSR count). The molecule has 4 heteroatoms. The van der Waals surface area contributed by atoms with Crippen LogP contribution in [0.2, 0.25) is 0 Å². The van der Waals surface area contributed by atoms with Gasteiger partial charge in [-0.1, -0.05) is 18.2 Å². The lowest BCUT2D eigenvalue weighted by molar-refractivity contribution is 0.628. The zero-order valence-electron chi connectivity index (χ0n) is 13.1. The van der Waals surface area contributed by atoms with Crippen LogP contribution in [-0.4, -0.2) is 10.8 Å². The molecule has 3 aromatic rings. The van der Waals surface area contributed by atoms with Gasteiger partial charge in [-0.2, -0.15) is 5.10 Å². The van der Waals surface area contributed by atoms with E-state index in [4.69, 9.17) is 0 Å². The maximum Gasteiger partial charge on any atom is 0.125 e. The Bertz CT molecular complexity index is 813. The summed E-state index contributed by atoms with van der Waals surface area (Å²) in [6.45, 7) is 4.18. The topological polar surface area (TPSA) is 29.3 Å². The number of nitrogens with one attached hydrogen (secondary N) is 1. The van der Waals surface area contributed by atoms with E-state index in [-0.39, 0.29) is 5.82 Å². The zero-order valence-corrected chi connectivity index (χ0v) is 13.1. The molecular formula is C19H18FN3. The summed E-state index contributed by atoms with van der Waals surface area (Å²) in [5, 5.41) is 4.13. The number of hydrazone groups is 1. The van der Waals surface area contributed by atoms with Crippen LogP contribution in [0.4, 0.5) is 10.1 Å². The van der Waals surface area contributed by atoms with Gasteiger partial charge >= 0.3 is 0 Å². The Morgan fingerprint density at radius 1 is 0.957 bits per heavy atom. The lowest BCUT2D eigenvalue weighted by Crippen LogP contribution is -1.98. The molecule has 3 nitrogen and oxygen atoms in total. The third kappa shape index (κ3) is 3.48. The summed E-state index contributed by atoms with van der Waals surface area (Å²) >= 11 is 0. The number of nitrogens with zero attached hydrogens (tertiary/aromatic N) is 2. The summed E-state index contributed by atoms with van der Waals surface area (Å²) in [6, 6.07) is 18.5. The van der Waals surface area contributed by atoms with Crippen LogP contribution in [0, 0.1) is 19.7 Å². The molecule has 0 saturated heterocycles. The van der Waals surface area contributed by atoms with Crippen LogP contribution in [0.1, 0.15) is 17.0 Å². The maximum absolute atomic E-state index is 13.1. The van der Waals surface area contributed by atoms with E-state index < -0.39 is 0 Å². The van der Waals surface area contributed by atoms with E-state index in [0.29, 0.717) is 5.69 Å². The number of hydrogen-bond donors (Lipinski definition) is 1. The zero-order chi connectivity index (χ0) is 16.2. The van der Waals surface area contributed by atoms with E-state index in [1.807, 2.05) is 12.1 Å². The van der Waals surface area contributed by atoms with E-state index in [1.165, 1.54) is 23.5 Å². The van der Waals surface area contributed by atoms with Crippen molar-refractivity contribution in [3.63, 3.8) is 0 Å². The number of aromatic nitrogens is 1. The highest BCUT2D eigenvalue weighted by Gasteiger charge is 2.03. The van der Waals surface area contributed by atoms with Gasteiger partial charge < -0.3 is 4.57 Å². The Kier molecular flexibility index (Phi) is 4.24. The van der Waals surface area contributed by atoms with Crippen molar-refractivity contribution >= 4 is 11.9 Å². The highest BCUT2D eigenvalue weighted by atomic mass is 19.1. The van der Waals surface area contributed by atoms with Crippen molar-refractivity contribution in [3.05, 3.63) is 83.4 Å². The molecule has 23 heavy (non-hydrogen) atoms. The molecular weight excluding hydrogens is 289 g/mol. The van der Waals surface area contributed by atoms with E-state index in [0.717, 1.165) is 11.3 Å². The molecule has 1 N–H and O–H groups in total. The molecule has 0 amide bonds. The minimum atomic E-state index is -0.285. The number of halogens is 1. The monoisotopic (exact) mass is 307 g/mol. The fourth-order valence-electron chi connectivity index (χ4n) is 2.52. The van der Waals surface area contributed by atoms with E-state index in [1.54, 1.807) is 18.3 Å². The SMILES string of the molecule is Cc1ccc(C)n1-c1ccc(/C=N/Nc2cccc(F)c2)cc1. The normalized spacial score (nSPS) is 11.1. The van der Waals surface area contributed by atoms with Gasteiger partial charge in [-0.05, 0) is 61.9 Å². The van der Waals surface area contributed by atoms with Gasteiger partial charge in [0.1, 0.15) is 5.82 Å². The molecule has 0 unspecified atom stereocenters. The molecule has 0 bridgehead atoms. The Balaban J connectivity index is 1.71. The van der Waals surface area contributed by atoms with Crippen molar-refractivity contribution in [2.45, 2.75) is 13.8 Å². The maximum atomic E-state index is 13.1. The Morgan fingerprint density at radius 3 is 2.30 bits per heavy atom. The summed E-state index contributed by atoms with van der Waals surface area (Å²) in [6.07, 6.45) is 1.71. The molecule has 0 saturated carbocycles. The number of hydrogen-bond acceptors (Lipinski definition) is 2. The summed E-state index contributed by atoms with van der Waals surface area (Å²) in [4.78, 5) is 0. The minimum absolute atomic E-state index is 0.285. The third-order valence-electron chi connectivity index (χ3n) is 3.65. The van der Waals surface area contributed by atoms with Crippen LogP contribution in [0.5, 0.6) is 0 Å². The Morgan fingerprint density at radius 2 is 1.65 bits per heavy atom. The van der Waals surface area contributed by atoms with Gasteiger partial charge in [-0.25, -0.2) is 4.39 Å². The largest absolute Gasteiger partial charge is 0.319 e. The van der Waals surface area contributed by atoms with Crippen molar-refractivity contribution in [2.75, 3.05) is 5.43 Å². The van der Waals surface area contributed by atoms with Gasteiger partial charge in [0, 0.05) is 17.1 Å². The molecule has 0 radical (unpaired) electrons. The minimum Gasteiger partial charge on any atom is -0.319 e. The van der Waals surface area contributed by atoms with Gasteiger partial charge in [0.2, 0.25) is 0 Å². The van der Waals surface area contributed by atoms with Crippen LogP contribution in [0.25, 0.3) is 5.69 Å². The first-order valence-electron chi connectivity index (χ1n) is 7.43. The van der Waals surface area contributed by atoms with Crippen molar-refractivity contribution < 1.29 is 4.39 Å². The molecule has 1 aromatic heterocycles. The van der Waals surface area contributed by atoms with Gasteiger partial charge in [-0.15, -0.1) is 0 Å². The van der Waals surface area contributed by atoms with Gasteiger partial charge in [-0.3, -0.25) is 5.43 Å². The van der Waals surface area contributed by atoms with Crippen molar-refractivity contribution in [1.82, 2.24) is 4.57 Å². The van der Waals surface area contributed by atoms with Crippen molar-refractivity contribution in [1.29, 1.82) is 0 Å². The Hall–Kier alpha value is -2.88. The van der Waals surface area contributed by atoms with Crippen LogP contribution in [0.3, 0.4) is 0 Å². The van der Waals surface area contributed by atoms with Crippen LogP contribution in [-0.2, 0) is 0 Å². The predicted octanol–water partition coefficient (Wildman–Crippen LogP) is 4.68. The summed E-state index contributed by atoms with van der Waals surface area (Å²) in [5.41, 5.74) is 7.95. The average Bonchev–Trinajstić information content (AvgIpc) is 2.87. The van der Waals surface area contributed by atoms with Crippen LogP contribution in [0.15, 0.2) is 65.8 Å². The fraction of sp³-hybridized carbons (Fsp3) is 0.105. The molecule has 0 aliphatic heterocycles. The average molecular weight is 307 g/mol. The van der Waals surface area contributed by atoms with Crippen molar-refractivity contribution in [3.8, 4) is 5.69 Å². The second kappa shape index (κ2) is 6.48. The molecule has 116 valence electrons. The van der Waals surface area contributed by atoms with Crippen LogP contribution < -0.4 is 5.43 Å². The lowest BCUT2D eigenvalue weighted by atomic mass is 10.2. The molecule has 0 aliphatic rings. The molecule has 0 atom stereocenters. The smallest absolute Gasteiger partial charge is 0.125 e. The first-order valence-corrected chi connectivity index (χ1v) is 7.43. The van der Waals surface area contributed by atoms with Crippen molar-refractivity contribution in [2.24, 2.45) is 5.10 Å². The van der Waals surface area contributed by atoms with E-state index in [2.05, 4.69) is 53.2 Å². The summed E-state index contributed by atoms with van der Waals surface area (Å²) in [5.74, 6) is -0.285. The number of anilines is 1. The molecule has 0 aliphatic carbocycles. The van der Waals surface area contributed by atoms with Crippen LogP contribution >= 0.6 is 0 Å². The van der Waals surface area contributed by atoms with Gasteiger partial charge in [0.05, 0.1) is 11.9 Å². The van der Waals surface area contributed by atoms with Gasteiger partial charge in [0.15, 0.2) is 0 Å².